The number of ether oxygens (including phenoxy) is 1. The van der Waals surface area contributed by atoms with Crippen molar-refractivity contribution in [1.82, 2.24) is 10.6 Å². The third kappa shape index (κ3) is 3.74. The summed E-state index contributed by atoms with van der Waals surface area (Å²) in [5.74, 6) is -2.83. The standard InChI is InChI=1S/C19H17F2N3O3/c1-10-15(18(25)23-11-6-8-12(27-2)9-7-11)17(24-19(26)22-10)16-13(20)4-3-5-14(16)21/h3-9,15,17H,1H2,2H3,(H,23,25)(H2,22,24,26)/t15-,17-/m1/s1. The molecule has 0 unspecified atom stereocenters. The van der Waals surface area contributed by atoms with Gasteiger partial charge in [0.05, 0.1) is 13.2 Å². The molecule has 2 atom stereocenters. The number of carbonyl (C=O) groups excluding carboxylic acids is 2. The molecule has 0 spiro atoms. The predicted octanol–water partition coefficient (Wildman–Crippen LogP) is 3.10. The number of hydrogen-bond donors (Lipinski definition) is 3. The van der Waals surface area contributed by atoms with Crippen LogP contribution >= 0.6 is 0 Å². The van der Waals surface area contributed by atoms with Crippen molar-refractivity contribution in [1.29, 1.82) is 0 Å². The van der Waals surface area contributed by atoms with Crippen molar-refractivity contribution in [2.75, 3.05) is 12.4 Å². The molecule has 1 fully saturated rings. The third-order valence-corrected chi connectivity index (χ3v) is 4.22. The van der Waals surface area contributed by atoms with Crippen LogP contribution in [0.4, 0.5) is 19.3 Å². The van der Waals surface area contributed by atoms with E-state index < -0.39 is 41.1 Å². The summed E-state index contributed by atoms with van der Waals surface area (Å²) in [6, 6.07) is 7.94. The van der Waals surface area contributed by atoms with Crippen LogP contribution in [0.1, 0.15) is 11.6 Å². The molecular formula is C19H17F2N3O3. The summed E-state index contributed by atoms with van der Waals surface area (Å²) in [5, 5.41) is 7.45. The Balaban J connectivity index is 1.92. The molecule has 1 heterocycles. The van der Waals surface area contributed by atoms with Crippen LogP contribution in [-0.2, 0) is 4.79 Å². The molecule has 2 aromatic rings. The Morgan fingerprint density at radius 2 is 1.78 bits per heavy atom. The number of nitrogens with one attached hydrogen (secondary N) is 3. The number of hydrogen-bond acceptors (Lipinski definition) is 3. The second kappa shape index (κ2) is 7.45. The van der Waals surface area contributed by atoms with Gasteiger partial charge in [0.15, 0.2) is 0 Å². The maximum atomic E-state index is 14.2. The lowest BCUT2D eigenvalue weighted by atomic mass is 9.87. The summed E-state index contributed by atoms with van der Waals surface area (Å²) < 4.78 is 33.6. The van der Waals surface area contributed by atoms with Gasteiger partial charge in [-0.15, -0.1) is 0 Å². The first kappa shape index (κ1) is 18.4. The molecule has 1 saturated heterocycles. The monoisotopic (exact) mass is 373 g/mol. The lowest BCUT2D eigenvalue weighted by Crippen LogP contribution is -2.52. The number of anilines is 1. The van der Waals surface area contributed by atoms with Crippen molar-refractivity contribution in [2.24, 2.45) is 5.92 Å². The first-order chi connectivity index (χ1) is 12.9. The van der Waals surface area contributed by atoms with Gasteiger partial charge in [0.2, 0.25) is 5.91 Å². The van der Waals surface area contributed by atoms with Crippen LogP contribution in [0, 0.1) is 17.6 Å². The summed E-state index contributed by atoms with van der Waals surface area (Å²) in [5.41, 5.74) is 0.0963. The smallest absolute Gasteiger partial charge is 0.319 e. The number of rotatable bonds is 4. The fraction of sp³-hybridized carbons (Fsp3) is 0.158. The highest BCUT2D eigenvalue weighted by atomic mass is 19.1. The fourth-order valence-corrected chi connectivity index (χ4v) is 2.94. The molecule has 6 nitrogen and oxygen atoms in total. The van der Waals surface area contributed by atoms with Crippen LogP contribution in [0.5, 0.6) is 5.75 Å². The van der Waals surface area contributed by atoms with Gasteiger partial charge < -0.3 is 20.7 Å². The Bertz CT molecular complexity index is 879. The first-order valence-corrected chi connectivity index (χ1v) is 8.06. The summed E-state index contributed by atoms with van der Waals surface area (Å²) >= 11 is 0. The van der Waals surface area contributed by atoms with Crippen molar-refractivity contribution in [3.8, 4) is 5.75 Å². The van der Waals surface area contributed by atoms with E-state index in [-0.39, 0.29) is 5.70 Å². The van der Waals surface area contributed by atoms with Crippen molar-refractivity contribution in [2.45, 2.75) is 6.04 Å². The normalized spacial score (nSPS) is 19.1. The van der Waals surface area contributed by atoms with Gasteiger partial charge in [-0.05, 0) is 36.4 Å². The molecule has 1 aliphatic rings. The summed E-state index contributed by atoms with van der Waals surface area (Å²) in [7, 11) is 1.52. The largest absolute Gasteiger partial charge is 0.497 e. The van der Waals surface area contributed by atoms with Crippen LogP contribution in [0.25, 0.3) is 0 Å². The second-order valence-electron chi connectivity index (χ2n) is 5.93. The van der Waals surface area contributed by atoms with Crippen LogP contribution in [-0.4, -0.2) is 19.0 Å². The number of carbonyl (C=O) groups is 2. The lowest BCUT2D eigenvalue weighted by Gasteiger charge is -2.34. The molecule has 0 bridgehead atoms. The zero-order valence-corrected chi connectivity index (χ0v) is 14.4. The van der Waals surface area contributed by atoms with Gasteiger partial charge in [-0.25, -0.2) is 13.6 Å². The highest BCUT2D eigenvalue weighted by Crippen LogP contribution is 2.33. The molecule has 3 amide bonds. The number of methoxy groups -OCH3 is 1. The van der Waals surface area contributed by atoms with Crippen LogP contribution in [0.15, 0.2) is 54.7 Å². The van der Waals surface area contributed by atoms with Gasteiger partial charge in [0, 0.05) is 16.9 Å². The van der Waals surface area contributed by atoms with E-state index in [9.17, 15) is 18.4 Å². The minimum atomic E-state index is -1.24. The van der Waals surface area contributed by atoms with Crippen molar-refractivity contribution >= 4 is 17.6 Å². The average molecular weight is 373 g/mol. The van der Waals surface area contributed by atoms with Gasteiger partial charge >= 0.3 is 6.03 Å². The third-order valence-electron chi connectivity index (χ3n) is 4.22. The second-order valence-corrected chi connectivity index (χ2v) is 5.93. The number of benzene rings is 2. The van der Waals surface area contributed by atoms with Gasteiger partial charge in [-0.3, -0.25) is 4.79 Å². The van der Waals surface area contributed by atoms with Gasteiger partial charge in [-0.1, -0.05) is 12.6 Å². The molecule has 0 aliphatic carbocycles. The molecule has 8 heteroatoms. The van der Waals surface area contributed by atoms with E-state index in [2.05, 4.69) is 22.5 Å². The zero-order valence-electron chi connectivity index (χ0n) is 14.4. The molecule has 0 saturated carbocycles. The Morgan fingerprint density at radius 1 is 1.15 bits per heavy atom. The quantitative estimate of drug-likeness (QED) is 0.771. The van der Waals surface area contributed by atoms with Crippen molar-refractivity contribution < 1.29 is 23.1 Å². The molecule has 140 valence electrons. The molecule has 2 aromatic carbocycles. The maximum Gasteiger partial charge on any atom is 0.319 e. The average Bonchev–Trinajstić information content (AvgIpc) is 2.61. The van der Waals surface area contributed by atoms with E-state index in [4.69, 9.17) is 4.74 Å². The zero-order chi connectivity index (χ0) is 19.6. The van der Waals surface area contributed by atoms with Crippen molar-refractivity contribution in [3.05, 3.63) is 71.9 Å². The van der Waals surface area contributed by atoms with E-state index in [0.717, 1.165) is 12.1 Å². The molecule has 27 heavy (non-hydrogen) atoms. The topological polar surface area (TPSA) is 79.5 Å². The highest BCUT2D eigenvalue weighted by Gasteiger charge is 2.40. The summed E-state index contributed by atoms with van der Waals surface area (Å²) in [6.07, 6.45) is 0. The predicted molar refractivity (Wildman–Crippen MR) is 95.0 cm³/mol. The Kier molecular flexibility index (Phi) is 5.07. The molecule has 0 aromatic heterocycles. The van der Waals surface area contributed by atoms with Crippen molar-refractivity contribution in [3.63, 3.8) is 0 Å². The Hall–Kier alpha value is -3.42. The molecular weight excluding hydrogens is 356 g/mol. The molecule has 0 radical (unpaired) electrons. The minimum absolute atomic E-state index is 0.0393. The van der Waals surface area contributed by atoms with E-state index >= 15 is 0 Å². The Morgan fingerprint density at radius 3 is 2.37 bits per heavy atom. The Labute approximate surface area is 154 Å². The molecule has 1 aliphatic heterocycles. The molecule has 3 N–H and O–H groups in total. The van der Waals surface area contributed by atoms with E-state index in [1.165, 1.54) is 13.2 Å². The van der Waals surface area contributed by atoms with E-state index in [1.54, 1.807) is 24.3 Å². The number of urea groups is 1. The maximum absolute atomic E-state index is 14.2. The van der Waals surface area contributed by atoms with Crippen LogP contribution in [0.3, 0.4) is 0 Å². The molecule has 3 rings (SSSR count). The van der Waals surface area contributed by atoms with E-state index in [0.29, 0.717) is 11.4 Å². The SMILES string of the molecule is C=C1NC(=O)N[C@@H](c2c(F)cccc2F)[C@@H]1C(=O)Nc1ccc(OC)cc1. The van der Waals surface area contributed by atoms with Crippen LogP contribution in [0.2, 0.25) is 0 Å². The van der Waals surface area contributed by atoms with Gasteiger partial charge in [0.1, 0.15) is 23.3 Å². The van der Waals surface area contributed by atoms with Gasteiger partial charge in [0.25, 0.3) is 0 Å². The van der Waals surface area contributed by atoms with E-state index in [1.807, 2.05) is 0 Å². The summed E-state index contributed by atoms with van der Waals surface area (Å²) in [4.78, 5) is 24.6. The fourth-order valence-electron chi connectivity index (χ4n) is 2.94. The van der Waals surface area contributed by atoms with Gasteiger partial charge in [-0.2, -0.15) is 0 Å². The lowest BCUT2D eigenvalue weighted by molar-refractivity contribution is -0.119. The first-order valence-electron chi connectivity index (χ1n) is 8.06. The number of halogens is 2. The minimum Gasteiger partial charge on any atom is -0.497 e. The summed E-state index contributed by atoms with van der Waals surface area (Å²) in [6.45, 7) is 3.67. The van der Waals surface area contributed by atoms with Crippen LogP contribution < -0.4 is 20.7 Å². The highest BCUT2D eigenvalue weighted by molar-refractivity contribution is 5.97. The number of amides is 3.